The van der Waals surface area contributed by atoms with E-state index in [1.54, 1.807) is 4.68 Å². The summed E-state index contributed by atoms with van der Waals surface area (Å²) in [6, 6.07) is 0. The van der Waals surface area contributed by atoms with Crippen LogP contribution in [0.25, 0.3) is 6.08 Å². The summed E-state index contributed by atoms with van der Waals surface area (Å²) in [5, 5.41) is 5.13. The lowest BCUT2D eigenvalue weighted by Crippen LogP contribution is -2.46. The van der Waals surface area contributed by atoms with E-state index in [1.807, 2.05) is 26.2 Å². The molecule has 2 aliphatic rings. The average molecular weight is 305 g/mol. The van der Waals surface area contributed by atoms with Crippen molar-refractivity contribution in [2.45, 2.75) is 6.92 Å². The van der Waals surface area contributed by atoms with E-state index in [9.17, 15) is 4.79 Å². The highest BCUT2D eigenvalue weighted by Crippen LogP contribution is 2.30. The van der Waals surface area contributed by atoms with E-state index >= 15 is 0 Å². The van der Waals surface area contributed by atoms with Gasteiger partial charge in [-0.2, -0.15) is 10.1 Å². The number of piperazine rings is 1. The summed E-state index contributed by atoms with van der Waals surface area (Å²) in [6.07, 6.45) is 3.81. The smallest absolute Gasteiger partial charge is 0.286 e. The molecule has 3 heterocycles. The number of aromatic nitrogens is 2. The number of hydrogen-bond donors (Lipinski definition) is 0. The summed E-state index contributed by atoms with van der Waals surface area (Å²) in [5.74, 6) is -0.141. The van der Waals surface area contributed by atoms with E-state index in [0.717, 1.165) is 42.6 Å². The first-order chi connectivity index (χ1) is 10.0. The first-order valence-corrected chi connectivity index (χ1v) is 7.81. The van der Waals surface area contributed by atoms with Crippen molar-refractivity contribution in [2.75, 3.05) is 33.2 Å². The maximum Gasteiger partial charge on any atom is 0.286 e. The molecule has 21 heavy (non-hydrogen) atoms. The van der Waals surface area contributed by atoms with Gasteiger partial charge in [0.2, 0.25) is 0 Å². The fourth-order valence-corrected chi connectivity index (χ4v) is 3.39. The predicted octanol–water partition coefficient (Wildman–Crippen LogP) is 0.946. The molecule has 112 valence electrons. The molecular formula is C14H19N5OS. The number of thioether (sulfide) groups is 1. The van der Waals surface area contributed by atoms with Crippen molar-refractivity contribution in [3.63, 3.8) is 0 Å². The molecule has 0 atom stereocenters. The van der Waals surface area contributed by atoms with Crippen molar-refractivity contribution >= 4 is 28.9 Å². The SMILES string of the molecule is Cc1nn(C)cc1/C=C1\SC(N2CCN(C)CC2)=NC1=O. The van der Waals surface area contributed by atoms with E-state index in [1.165, 1.54) is 11.8 Å². The van der Waals surface area contributed by atoms with Gasteiger partial charge in [-0.3, -0.25) is 9.48 Å². The van der Waals surface area contributed by atoms with Gasteiger partial charge in [-0.05, 0) is 31.8 Å². The zero-order chi connectivity index (χ0) is 15.0. The number of carbonyl (C=O) groups is 1. The number of carbonyl (C=O) groups excluding carboxylic acids is 1. The zero-order valence-electron chi connectivity index (χ0n) is 12.5. The molecule has 1 aromatic heterocycles. The Balaban J connectivity index is 1.74. The van der Waals surface area contributed by atoms with Gasteiger partial charge in [0.1, 0.15) is 0 Å². The maximum absolute atomic E-state index is 12.1. The highest BCUT2D eigenvalue weighted by Gasteiger charge is 2.27. The molecule has 0 bridgehead atoms. The molecule has 2 aliphatic heterocycles. The van der Waals surface area contributed by atoms with E-state index in [4.69, 9.17) is 0 Å². The van der Waals surface area contributed by atoms with Gasteiger partial charge in [0.05, 0.1) is 10.6 Å². The molecule has 1 aromatic rings. The van der Waals surface area contributed by atoms with E-state index in [0.29, 0.717) is 4.91 Å². The number of likely N-dealkylation sites (N-methyl/N-ethyl adjacent to an activating group) is 1. The van der Waals surface area contributed by atoms with Crippen LogP contribution in [0.2, 0.25) is 0 Å². The van der Waals surface area contributed by atoms with Crippen LogP contribution >= 0.6 is 11.8 Å². The number of aliphatic imine (C=N–C) groups is 1. The van der Waals surface area contributed by atoms with Crippen LogP contribution in [0.4, 0.5) is 0 Å². The van der Waals surface area contributed by atoms with E-state index in [-0.39, 0.29) is 5.91 Å². The van der Waals surface area contributed by atoms with Crippen molar-refractivity contribution in [2.24, 2.45) is 12.0 Å². The van der Waals surface area contributed by atoms with Gasteiger partial charge in [-0.25, -0.2) is 0 Å². The monoisotopic (exact) mass is 305 g/mol. The van der Waals surface area contributed by atoms with Gasteiger partial charge >= 0.3 is 0 Å². The quantitative estimate of drug-likeness (QED) is 0.723. The molecule has 0 saturated carbocycles. The molecule has 0 spiro atoms. The fourth-order valence-electron chi connectivity index (χ4n) is 2.43. The van der Waals surface area contributed by atoms with Crippen LogP contribution in [-0.4, -0.2) is 63.9 Å². The van der Waals surface area contributed by atoms with Gasteiger partial charge in [0, 0.05) is 45.0 Å². The van der Waals surface area contributed by atoms with Crippen LogP contribution in [0.5, 0.6) is 0 Å². The van der Waals surface area contributed by atoms with E-state index in [2.05, 4.69) is 26.9 Å². The fraction of sp³-hybridized carbons (Fsp3) is 0.500. The van der Waals surface area contributed by atoms with Crippen LogP contribution in [0.3, 0.4) is 0 Å². The molecule has 1 fully saturated rings. The Kier molecular flexibility index (Phi) is 3.86. The average Bonchev–Trinajstić information content (AvgIpc) is 2.94. The summed E-state index contributed by atoms with van der Waals surface area (Å²) in [6.45, 7) is 5.81. The topological polar surface area (TPSA) is 53.7 Å². The summed E-state index contributed by atoms with van der Waals surface area (Å²) in [7, 11) is 3.99. The lowest BCUT2D eigenvalue weighted by molar-refractivity contribution is -0.113. The lowest BCUT2D eigenvalue weighted by atomic mass is 10.2. The molecule has 7 heteroatoms. The van der Waals surface area contributed by atoms with Crippen molar-refractivity contribution in [3.05, 3.63) is 22.4 Å². The Labute approximate surface area is 128 Å². The maximum atomic E-state index is 12.1. The molecule has 3 rings (SSSR count). The van der Waals surface area contributed by atoms with Crippen LogP contribution in [0, 0.1) is 6.92 Å². The molecule has 0 aromatic carbocycles. The van der Waals surface area contributed by atoms with Crippen LogP contribution in [-0.2, 0) is 11.8 Å². The molecule has 0 radical (unpaired) electrons. The standard InChI is InChI=1S/C14H19N5OS/c1-10-11(9-18(3)16-10)8-12-13(20)15-14(21-12)19-6-4-17(2)5-7-19/h8-9H,4-7H2,1-3H3/b12-8-. The number of aryl methyl sites for hydroxylation is 2. The van der Waals surface area contributed by atoms with Crippen molar-refractivity contribution < 1.29 is 4.79 Å². The van der Waals surface area contributed by atoms with Gasteiger partial charge in [0.25, 0.3) is 5.91 Å². The van der Waals surface area contributed by atoms with Crippen molar-refractivity contribution in [1.29, 1.82) is 0 Å². The second-order valence-electron chi connectivity index (χ2n) is 5.44. The van der Waals surface area contributed by atoms with Gasteiger partial charge in [-0.1, -0.05) is 0 Å². The zero-order valence-corrected chi connectivity index (χ0v) is 13.4. The van der Waals surface area contributed by atoms with Gasteiger partial charge in [-0.15, -0.1) is 0 Å². The second-order valence-corrected chi connectivity index (χ2v) is 6.45. The summed E-state index contributed by atoms with van der Waals surface area (Å²) in [4.78, 5) is 21.4. The highest BCUT2D eigenvalue weighted by atomic mass is 32.2. The Morgan fingerprint density at radius 2 is 1.95 bits per heavy atom. The number of nitrogens with zero attached hydrogens (tertiary/aromatic N) is 5. The minimum absolute atomic E-state index is 0.141. The summed E-state index contributed by atoms with van der Waals surface area (Å²) < 4.78 is 1.76. The van der Waals surface area contributed by atoms with Gasteiger partial charge in [0.15, 0.2) is 5.17 Å². The first-order valence-electron chi connectivity index (χ1n) is 6.99. The second kappa shape index (κ2) is 5.65. The molecule has 6 nitrogen and oxygen atoms in total. The minimum atomic E-state index is -0.141. The Bertz CT molecular complexity index is 625. The molecular weight excluding hydrogens is 286 g/mol. The predicted molar refractivity (Wildman–Crippen MR) is 85.0 cm³/mol. The third kappa shape index (κ3) is 3.03. The normalized spacial score (nSPS) is 22.2. The van der Waals surface area contributed by atoms with Crippen molar-refractivity contribution in [1.82, 2.24) is 19.6 Å². The van der Waals surface area contributed by atoms with Crippen LogP contribution < -0.4 is 0 Å². The van der Waals surface area contributed by atoms with Crippen LogP contribution in [0.1, 0.15) is 11.3 Å². The largest absolute Gasteiger partial charge is 0.348 e. The molecule has 0 N–H and O–H groups in total. The lowest BCUT2D eigenvalue weighted by Gasteiger charge is -2.32. The van der Waals surface area contributed by atoms with Crippen molar-refractivity contribution in [3.8, 4) is 0 Å². The Morgan fingerprint density at radius 1 is 1.24 bits per heavy atom. The molecule has 1 saturated heterocycles. The number of amides is 1. The van der Waals surface area contributed by atoms with E-state index < -0.39 is 0 Å². The third-order valence-electron chi connectivity index (χ3n) is 3.72. The molecule has 0 unspecified atom stereocenters. The third-order valence-corrected chi connectivity index (χ3v) is 4.77. The number of rotatable bonds is 1. The molecule has 1 amide bonds. The van der Waals surface area contributed by atoms with Crippen LogP contribution in [0.15, 0.2) is 16.1 Å². The van der Waals surface area contributed by atoms with Gasteiger partial charge < -0.3 is 9.80 Å². The summed E-state index contributed by atoms with van der Waals surface area (Å²) in [5.41, 5.74) is 1.90. The molecule has 0 aliphatic carbocycles. The Morgan fingerprint density at radius 3 is 2.57 bits per heavy atom. The number of amidine groups is 1. The highest BCUT2D eigenvalue weighted by molar-refractivity contribution is 8.18. The number of hydrogen-bond acceptors (Lipinski definition) is 5. The Hall–Kier alpha value is -1.60. The minimum Gasteiger partial charge on any atom is -0.348 e. The first kappa shape index (κ1) is 14.3. The summed E-state index contributed by atoms with van der Waals surface area (Å²) >= 11 is 1.47.